The zero-order chi connectivity index (χ0) is 11.3. The fourth-order valence-electron chi connectivity index (χ4n) is 1.24. The van der Waals surface area contributed by atoms with Gasteiger partial charge in [-0.3, -0.25) is 4.79 Å². The van der Waals surface area contributed by atoms with Crippen LogP contribution in [0.3, 0.4) is 0 Å². The van der Waals surface area contributed by atoms with E-state index in [1.54, 1.807) is 0 Å². The third-order valence-corrected chi connectivity index (χ3v) is 2.86. The number of rotatable bonds is 4. The smallest absolute Gasteiger partial charge is 0.224 e. The highest BCUT2D eigenvalue weighted by Gasteiger charge is 2.10. The van der Waals surface area contributed by atoms with Gasteiger partial charge in [0.15, 0.2) is 0 Å². The first-order valence-electron chi connectivity index (χ1n) is 5.03. The maximum Gasteiger partial charge on any atom is 0.224 e. The molecule has 2 nitrogen and oxygen atoms in total. The lowest BCUT2D eigenvalue weighted by molar-refractivity contribution is -0.124. The molecule has 82 valence electrons. The zero-order valence-corrected chi connectivity index (χ0v) is 9.84. The minimum absolute atomic E-state index is 0.00764. The van der Waals surface area contributed by atoms with Gasteiger partial charge in [-0.05, 0) is 18.1 Å². The number of carbonyl (C=O) groups excluding carboxylic acids is 1. The van der Waals surface area contributed by atoms with Crippen LogP contribution in [0.1, 0.15) is 18.1 Å². The van der Waals surface area contributed by atoms with Gasteiger partial charge >= 0.3 is 0 Å². The second-order valence-electron chi connectivity index (χ2n) is 3.70. The van der Waals surface area contributed by atoms with Crippen molar-refractivity contribution in [1.82, 2.24) is 5.32 Å². The summed E-state index contributed by atoms with van der Waals surface area (Å²) < 4.78 is 0. The Morgan fingerprint density at radius 1 is 1.47 bits per heavy atom. The first kappa shape index (κ1) is 12.1. The highest BCUT2D eigenvalue weighted by Crippen LogP contribution is 2.06. The van der Waals surface area contributed by atoms with Crippen LogP contribution in [0.5, 0.6) is 0 Å². The summed E-state index contributed by atoms with van der Waals surface area (Å²) in [6, 6.07) is 8.01. The van der Waals surface area contributed by atoms with E-state index >= 15 is 0 Å². The maximum atomic E-state index is 11.5. The minimum Gasteiger partial charge on any atom is -0.352 e. The van der Waals surface area contributed by atoms with Gasteiger partial charge in [0.2, 0.25) is 5.91 Å². The summed E-state index contributed by atoms with van der Waals surface area (Å²) in [5.41, 5.74) is 2.34. The van der Waals surface area contributed by atoms with Crippen molar-refractivity contribution in [3.8, 4) is 0 Å². The summed E-state index contributed by atoms with van der Waals surface area (Å²) in [4.78, 5) is 11.5. The van der Waals surface area contributed by atoms with Gasteiger partial charge in [-0.1, -0.05) is 31.2 Å². The van der Waals surface area contributed by atoms with E-state index in [4.69, 9.17) is 11.6 Å². The summed E-state index contributed by atoms with van der Waals surface area (Å²) in [5.74, 6) is 0.239. The van der Waals surface area contributed by atoms with E-state index < -0.39 is 0 Å². The summed E-state index contributed by atoms with van der Waals surface area (Å²) >= 11 is 5.60. The molecule has 1 aromatic rings. The monoisotopic (exact) mass is 225 g/mol. The Morgan fingerprint density at radius 2 is 2.13 bits per heavy atom. The number of hydrogen-bond acceptors (Lipinski definition) is 1. The summed E-state index contributed by atoms with van der Waals surface area (Å²) in [7, 11) is 0. The van der Waals surface area contributed by atoms with Gasteiger partial charge < -0.3 is 5.32 Å². The lowest BCUT2D eigenvalue weighted by Gasteiger charge is -2.10. The molecule has 1 N–H and O–H groups in total. The largest absolute Gasteiger partial charge is 0.352 e. The molecule has 15 heavy (non-hydrogen) atoms. The van der Waals surface area contributed by atoms with E-state index in [0.29, 0.717) is 12.4 Å². The van der Waals surface area contributed by atoms with Gasteiger partial charge in [-0.25, -0.2) is 0 Å². The normalized spacial score (nSPS) is 12.2. The number of amides is 1. The molecule has 0 radical (unpaired) electrons. The Labute approximate surface area is 95.6 Å². The van der Waals surface area contributed by atoms with Crippen LogP contribution < -0.4 is 5.32 Å². The molecule has 1 unspecified atom stereocenters. The van der Waals surface area contributed by atoms with Gasteiger partial charge in [0, 0.05) is 18.3 Å². The molecule has 0 aliphatic heterocycles. The van der Waals surface area contributed by atoms with E-state index in [9.17, 15) is 4.79 Å². The maximum absolute atomic E-state index is 11.5. The molecule has 0 bridgehead atoms. The Kier molecular flexibility index (Phi) is 4.63. The van der Waals surface area contributed by atoms with Crippen LogP contribution in [0.25, 0.3) is 0 Å². The first-order chi connectivity index (χ1) is 7.15. The Hall–Kier alpha value is -1.02. The fraction of sp³-hybridized carbons (Fsp3) is 0.417. The van der Waals surface area contributed by atoms with Crippen molar-refractivity contribution in [3.63, 3.8) is 0 Å². The average molecular weight is 226 g/mol. The quantitative estimate of drug-likeness (QED) is 0.784. The van der Waals surface area contributed by atoms with Gasteiger partial charge in [0.05, 0.1) is 0 Å². The predicted octanol–water partition coefficient (Wildman–Crippen LogP) is 2.49. The van der Waals surface area contributed by atoms with E-state index in [2.05, 4.69) is 5.32 Å². The molecule has 1 atom stereocenters. The Morgan fingerprint density at radius 3 is 2.73 bits per heavy atom. The van der Waals surface area contributed by atoms with E-state index in [0.717, 1.165) is 5.56 Å². The lowest BCUT2D eigenvalue weighted by Crippen LogP contribution is -2.29. The van der Waals surface area contributed by atoms with Crippen LogP contribution in [0.15, 0.2) is 24.3 Å². The molecule has 0 spiro atoms. The van der Waals surface area contributed by atoms with Crippen molar-refractivity contribution >= 4 is 17.5 Å². The Balaban J connectivity index is 2.51. The van der Waals surface area contributed by atoms with E-state index in [1.807, 2.05) is 38.1 Å². The molecule has 0 heterocycles. The topological polar surface area (TPSA) is 29.1 Å². The molecule has 0 saturated heterocycles. The van der Waals surface area contributed by atoms with Gasteiger partial charge in [0.25, 0.3) is 0 Å². The van der Waals surface area contributed by atoms with Crippen molar-refractivity contribution in [2.75, 3.05) is 5.88 Å². The minimum atomic E-state index is -0.129. The third-order valence-electron chi connectivity index (χ3n) is 2.39. The molecule has 1 aromatic carbocycles. The van der Waals surface area contributed by atoms with Crippen LogP contribution in [-0.4, -0.2) is 11.8 Å². The molecule has 1 rings (SSSR count). The number of aryl methyl sites for hydroxylation is 1. The highest BCUT2D eigenvalue weighted by molar-refractivity contribution is 6.19. The van der Waals surface area contributed by atoms with Crippen molar-refractivity contribution in [2.24, 2.45) is 5.92 Å². The predicted molar refractivity (Wildman–Crippen MR) is 62.9 cm³/mol. The molecule has 1 amide bonds. The van der Waals surface area contributed by atoms with Crippen LogP contribution >= 0.6 is 11.6 Å². The van der Waals surface area contributed by atoms with E-state index in [-0.39, 0.29) is 11.8 Å². The number of carbonyl (C=O) groups is 1. The standard InChI is InChI=1S/C12H16ClNO/c1-9-5-3-4-6-11(9)8-14-12(15)10(2)7-13/h3-6,10H,7-8H2,1-2H3,(H,14,15). The van der Waals surface area contributed by atoms with Crippen molar-refractivity contribution in [3.05, 3.63) is 35.4 Å². The van der Waals surface area contributed by atoms with Crippen molar-refractivity contribution < 1.29 is 4.79 Å². The molecule has 0 aromatic heterocycles. The van der Waals surface area contributed by atoms with Gasteiger partial charge in [0.1, 0.15) is 0 Å². The second-order valence-corrected chi connectivity index (χ2v) is 4.01. The molecular weight excluding hydrogens is 210 g/mol. The number of hydrogen-bond donors (Lipinski definition) is 1. The molecule has 0 fully saturated rings. The molecule has 0 aliphatic carbocycles. The summed E-state index contributed by atoms with van der Waals surface area (Å²) in [6.07, 6.45) is 0. The number of benzene rings is 1. The first-order valence-corrected chi connectivity index (χ1v) is 5.56. The van der Waals surface area contributed by atoms with Crippen molar-refractivity contribution in [1.29, 1.82) is 0 Å². The summed E-state index contributed by atoms with van der Waals surface area (Å²) in [5, 5.41) is 2.87. The lowest BCUT2D eigenvalue weighted by atomic mass is 10.1. The highest BCUT2D eigenvalue weighted by atomic mass is 35.5. The molecular formula is C12H16ClNO. The Bertz CT molecular complexity index is 338. The van der Waals surface area contributed by atoms with Crippen LogP contribution in [0, 0.1) is 12.8 Å². The van der Waals surface area contributed by atoms with Crippen LogP contribution in [0.2, 0.25) is 0 Å². The average Bonchev–Trinajstić information content (AvgIpc) is 2.26. The molecule has 3 heteroatoms. The number of alkyl halides is 1. The van der Waals surface area contributed by atoms with E-state index in [1.165, 1.54) is 5.56 Å². The molecule has 0 saturated carbocycles. The zero-order valence-electron chi connectivity index (χ0n) is 9.09. The van der Waals surface area contributed by atoms with Gasteiger partial charge in [-0.2, -0.15) is 0 Å². The number of halogens is 1. The molecule has 0 aliphatic rings. The van der Waals surface area contributed by atoms with Crippen LogP contribution in [0.4, 0.5) is 0 Å². The SMILES string of the molecule is Cc1ccccc1CNC(=O)C(C)CCl. The number of nitrogens with one attached hydrogen (secondary N) is 1. The summed E-state index contributed by atoms with van der Waals surface area (Å²) in [6.45, 7) is 4.43. The van der Waals surface area contributed by atoms with Crippen molar-refractivity contribution in [2.45, 2.75) is 20.4 Å². The van der Waals surface area contributed by atoms with Gasteiger partial charge in [-0.15, -0.1) is 11.6 Å². The van der Waals surface area contributed by atoms with Crippen LogP contribution in [-0.2, 0) is 11.3 Å². The second kappa shape index (κ2) is 5.76. The fourth-order valence-corrected chi connectivity index (χ4v) is 1.38. The third kappa shape index (κ3) is 3.56.